The summed E-state index contributed by atoms with van der Waals surface area (Å²) < 4.78 is 138. The largest absolute Gasteiger partial charge is 0.417 e. The number of nitrogen functional groups attached to an aromatic ring is 1. The van der Waals surface area contributed by atoms with Crippen molar-refractivity contribution < 1.29 is 62.4 Å². The van der Waals surface area contributed by atoms with Crippen LogP contribution in [0.4, 0.5) is 53.9 Å². The molecule has 31 heteroatoms. The summed E-state index contributed by atoms with van der Waals surface area (Å²) in [5.74, 6) is -1.67. The topological polar surface area (TPSA) is 263 Å². The van der Waals surface area contributed by atoms with E-state index in [1.54, 1.807) is 6.08 Å². The first-order valence-electron chi connectivity index (χ1n) is 19.7. The van der Waals surface area contributed by atoms with E-state index in [1.807, 2.05) is 29.1 Å². The molecule has 16 nitrogen and oxygen atoms in total. The lowest BCUT2D eigenvalue weighted by atomic mass is 10.1. The normalized spacial score (nSPS) is 11.7. The number of primary amides is 1. The minimum absolute atomic E-state index is 0.0299. The Kier molecular flexibility index (Phi) is 19.7. The number of benzene rings is 4. The summed E-state index contributed by atoms with van der Waals surface area (Å²) in [6.07, 6.45) is -6.11. The number of nitrogens with two attached hydrogens (primary N) is 2. The molecule has 74 heavy (non-hydrogen) atoms. The monoisotopic (exact) mass is 1200 g/mol. The summed E-state index contributed by atoms with van der Waals surface area (Å²) in [5.41, 5.74) is 6.45. The van der Waals surface area contributed by atoms with E-state index in [0.717, 1.165) is 48.8 Å². The summed E-state index contributed by atoms with van der Waals surface area (Å²) in [4.78, 5) is 53.0. The molecule has 4 aromatic carbocycles. The Hall–Kier alpha value is -5.99. The van der Waals surface area contributed by atoms with Crippen molar-refractivity contribution in [1.29, 1.82) is 0 Å². The number of nitrogens with one attached hydrogen (secondary N) is 3. The molecule has 0 aliphatic carbocycles. The number of urea groups is 1. The van der Waals surface area contributed by atoms with E-state index in [1.165, 1.54) is 36.4 Å². The number of isocyanates is 1. The summed E-state index contributed by atoms with van der Waals surface area (Å²) in [7, 11) is -10.7. The number of alkyl halides is 6. The first-order chi connectivity index (χ1) is 34.0. The predicted molar refractivity (Wildman–Crippen MR) is 272 cm³/mol. The zero-order valence-corrected chi connectivity index (χ0v) is 44.5. The van der Waals surface area contributed by atoms with Crippen molar-refractivity contribution in [2.75, 3.05) is 20.5 Å². The fourth-order valence-corrected chi connectivity index (χ4v) is 9.22. The average molecular weight is 1210 g/mol. The number of anilines is 4. The lowest BCUT2D eigenvalue weighted by molar-refractivity contribution is -0.138. The molecule has 7 N–H and O–H groups in total. The van der Waals surface area contributed by atoms with Crippen LogP contribution in [0.25, 0.3) is 0 Å². The van der Waals surface area contributed by atoms with Gasteiger partial charge in [0, 0.05) is 34.9 Å². The van der Waals surface area contributed by atoms with Crippen molar-refractivity contribution in [3.63, 3.8) is 0 Å². The molecule has 392 valence electrons. The van der Waals surface area contributed by atoms with Gasteiger partial charge in [0.05, 0.1) is 62.4 Å². The number of nitrogens with zero attached hydrogens (tertiary/aromatic N) is 3. The van der Waals surface area contributed by atoms with E-state index >= 15 is 0 Å². The fourth-order valence-electron chi connectivity index (χ4n) is 5.61. The lowest BCUT2D eigenvalue weighted by Crippen LogP contribution is -2.20. The van der Waals surface area contributed by atoms with Crippen molar-refractivity contribution in [2.24, 2.45) is 10.4 Å². The molecule has 0 saturated heterocycles. The standard InChI is InChI=1S/C20H12Cl3F3N4O4S.C19H11Cl3F3N3O3S.C4H9NOSi/c21-9-5-16(30-35(33,34)11-2-4-15(23)13(7-11)20(24,25)26)17(28-8-9)18(31)12-6-10(29-19(27)32)1-3-14(12)22;20-9-5-16(17(27-8-9)18(29)12-6-10(26)1-3-14(12)21)28-32(30,31)11-2-4-15(22)13(7-11)19(23,24)25;1-7(2,3)5-4-6/h1-8,30H,(H3,27,29,32);1-8,28H,26H2;1-3H3. The van der Waals surface area contributed by atoms with Gasteiger partial charge in [-0.05, 0) is 105 Å². The molecule has 6 rings (SSSR count). The van der Waals surface area contributed by atoms with Gasteiger partial charge in [-0.2, -0.15) is 26.3 Å². The number of rotatable bonds is 12. The van der Waals surface area contributed by atoms with Crippen molar-refractivity contribution in [3.8, 4) is 0 Å². The van der Waals surface area contributed by atoms with Gasteiger partial charge < -0.3 is 16.8 Å². The molecule has 0 atom stereocenters. The Morgan fingerprint density at radius 2 is 1.00 bits per heavy atom. The molecule has 2 heterocycles. The molecule has 0 spiro atoms. The molecule has 0 aliphatic heterocycles. The molecule has 2 aromatic heterocycles. The predicted octanol–water partition coefficient (Wildman–Crippen LogP) is 12.4. The summed E-state index contributed by atoms with van der Waals surface area (Å²) in [6, 6.07) is 13.2. The zero-order chi connectivity index (χ0) is 55.9. The van der Waals surface area contributed by atoms with Crippen LogP contribution in [0.3, 0.4) is 0 Å². The van der Waals surface area contributed by atoms with Gasteiger partial charge in [0.2, 0.25) is 17.6 Å². The van der Waals surface area contributed by atoms with Crippen molar-refractivity contribution in [1.82, 2.24) is 9.97 Å². The Morgan fingerprint density at radius 3 is 1.36 bits per heavy atom. The third-order valence-corrected chi connectivity index (χ3v) is 14.0. The van der Waals surface area contributed by atoms with Gasteiger partial charge in [-0.15, -0.1) is 0 Å². The SMILES string of the molecule is C[Si](C)(C)N=C=O.NC(=O)Nc1ccc(Cl)c(C(=O)c2ncc(Cl)cc2NS(=O)(=O)c2ccc(Cl)c(C(F)(F)F)c2)c1.Nc1ccc(Cl)c(C(=O)c2ncc(Cl)cc2NS(=O)(=O)c2ccc(Cl)c(C(F)(F)F)c2)c1. The highest BCUT2D eigenvalue weighted by atomic mass is 35.5. The Labute approximate surface area is 447 Å². The second kappa shape index (κ2) is 24.1. The van der Waals surface area contributed by atoms with Gasteiger partial charge in [0.25, 0.3) is 20.0 Å². The zero-order valence-electron chi connectivity index (χ0n) is 37.4. The molecular formula is C43H32Cl6F6N8O8S2Si. The molecule has 0 radical (unpaired) electrons. The number of ketones is 2. The van der Waals surface area contributed by atoms with Gasteiger partial charge in [-0.25, -0.2) is 41.1 Å². The van der Waals surface area contributed by atoms with E-state index in [0.29, 0.717) is 12.1 Å². The molecule has 2 amide bonds. The first kappa shape index (κ1) is 60.6. The molecule has 0 bridgehead atoms. The van der Waals surface area contributed by atoms with Crippen LogP contribution in [0, 0.1) is 0 Å². The van der Waals surface area contributed by atoms with Crippen LogP contribution in [0.1, 0.15) is 43.2 Å². The third kappa shape index (κ3) is 16.5. The van der Waals surface area contributed by atoms with Crippen molar-refractivity contribution >= 4 is 144 Å². The maximum atomic E-state index is 13.2. The number of amides is 2. The Balaban J connectivity index is 0.000000285. The van der Waals surface area contributed by atoms with Gasteiger partial charge >= 0.3 is 18.4 Å². The number of hydrogen-bond donors (Lipinski definition) is 5. The van der Waals surface area contributed by atoms with Crippen LogP contribution >= 0.6 is 69.6 Å². The molecule has 0 fully saturated rings. The second-order valence-corrected chi connectivity index (χ2v) is 26.0. The summed E-state index contributed by atoms with van der Waals surface area (Å²) in [5, 5.41) is 0.729. The van der Waals surface area contributed by atoms with Crippen LogP contribution < -0.4 is 26.2 Å². The van der Waals surface area contributed by atoms with Crippen molar-refractivity contribution in [2.45, 2.75) is 41.8 Å². The fraction of sp³-hybridized carbons (Fsp3) is 0.116. The van der Waals surface area contributed by atoms with E-state index in [4.69, 9.17) is 81.1 Å². The van der Waals surface area contributed by atoms with E-state index in [2.05, 4.69) is 19.9 Å². The number of hydrogen-bond acceptors (Lipinski definition) is 12. The van der Waals surface area contributed by atoms with Crippen LogP contribution in [-0.4, -0.2) is 58.7 Å². The maximum Gasteiger partial charge on any atom is 0.417 e. The Morgan fingerprint density at radius 1 is 0.608 bits per heavy atom. The first-order valence-corrected chi connectivity index (χ1v) is 28.4. The van der Waals surface area contributed by atoms with Gasteiger partial charge in [-0.1, -0.05) is 69.6 Å². The van der Waals surface area contributed by atoms with Crippen LogP contribution in [-0.2, 0) is 37.2 Å². The van der Waals surface area contributed by atoms with Gasteiger partial charge in [0.1, 0.15) is 11.4 Å². The van der Waals surface area contributed by atoms with E-state index < -0.39 is 106 Å². The van der Waals surface area contributed by atoms with Crippen molar-refractivity contribution in [3.05, 3.63) is 161 Å². The smallest absolute Gasteiger partial charge is 0.399 e. The highest BCUT2D eigenvalue weighted by Gasteiger charge is 2.36. The number of carbonyl (C=O) groups excluding carboxylic acids is 4. The second-order valence-electron chi connectivity index (χ2n) is 15.5. The highest BCUT2D eigenvalue weighted by molar-refractivity contribution is 7.93. The summed E-state index contributed by atoms with van der Waals surface area (Å²) >= 11 is 35.0. The summed E-state index contributed by atoms with van der Waals surface area (Å²) in [6.45, 7) is 5.95. The van der Waals surface area contributed by atoms with Crippen LogP contribution in [0.15, 0.2) is 112 Å². The lowest BCUT2D eigenvalue weighted by Gasteiger charge is -2.15. The number of carbonyl (C=O) groups is 3. The molecular weight excluding hydrogens is 1180 g/mol. The molecule has 6 aromatic rings. The molecule has 0 aliphatic rings. The quantitative estimate of drug-likeness (QED) is 0.0192. The highest BCUT2D eigenvalue weighted by Crippen LogP contribution is 2.38. The van der Waals surface area contributed by atoms with E-state index in [-0.39, 0.29) is 48.3 Å². The van der Waals surface area contributed by atoms with Crippen LogP contribution in [0.2, 0.25) is 49.8 Å². The Bertz CT molecular complexity index is 3460. The minimum atomic E-state index is -4.91. The third-order valence-electron chi connectivity index (χ3n) is 8.83. The number of aromatic nitrogens is 2. The van der Waals surface area contributed by atoms with E-state index in [9.17, 15) is 62.4 Å². The van der Waals surface area contributed by atoms with Gasteiger partial charge in [-0.3, -0.25) is 19.0 Å². The van der Waals surface area contributed by atoms with Gasteiger partial charge in [0.15, 0.2) is 8.24 Å². The average Bonchev–Trinajstić information content (AvgIpc) is 3.26. The van der Waals surface area contributed by atoms with Crippen LogP contribution in [0.5, 0.6) is 0 Å². The minimum Gasteiger partial charge on any atom is -0.399 e. The molecule has 0 unspecified atom stereocenters. The number of sulfonamides is 2. The number of halogens is 12. The number of pyridine rings is 2. The molecule has 0 saturated carbocycles. The maximum absolute atomic E-state index is 13.2.